The average molecular weight is 236 g/mol. The van der Waals surface area contributed by atoms with Gasteiger partial charge in [0.2, 0.25) is 0 Å². The number of rotatable bonds is 5. The van der Waals surface area contributed by atoms with Crippen molar-refractivity contribution in [1.29, 1.82) is 0 Å². The van der Waals surface area contributed by atoms with Crippen molar-refractivity contribution in [3.8, 4) is 0 Å². The summed E-state index contributed by atoms with van der Waals surface area (Å²) in [4.78, 5) is 13.8. The summed E-state index contributed by atoms with van der Waals surface area (Å²) in [5.41, 5.74) is 7.69. The molecule has 2 N–H and O–H groups in total. The zero-order chi connectivity index (χ0) is 12.8. The van der Waals surface area contributed by atoms with Gasteiger partial charge in [-0.05, 0) is 45.1 Å². The fourth-order valence-corrected chi connectivity index (χ4v) is 1.50. The third kappa shape index (κ3) is 4.07. The van der Waals surface area contributed by atoms with Gasteiger partial charge in [-0.2, -0.15) is 0 Å². The molecule has 4 heteroatoms. The molecule has 1 rings (SSSR count). The molecule has 0 saturated carbocycles. The van der Waals surface area contributed by atoms with Crippen molar-refractivity contribution in [2.24, 2.45) is 0 Å². The Morgan fingerprint density at radius 2 is 2.12 bits per heavy atom. The summed E-state index contributed by atoms with van der Waals surface area (Å²) in [6.07, 6.45) is 0.833. The Balaban J connectivity index is 2.50. The van der Waals surface area contributed by atoms with Crippen molar-refractivity contribution in [1.82, 2.24) is 4.90 Å². The van der Waals surface area contributed by atoms with E-state index in [0.29, 0.717) is 17.9 Å². The highest BCUT2D eigenvalue weighted by Gasteiger charge is 2.11. The van der Waals surface area contributed by atoms with Crippen molar-refractivity contribution in [2.45, 2.75) is 13.3 Å². The number of esters is 1. The largest absolute Gasteiger partial charge is 0.462 e. The number of nitrogens with two attached hydrogens (primary N) is 1. The summed E-state index contributed by atoms with van der Waals surface area (Å²) in [6, 6.07) is 5.27. The smallest absolute Gasteiger partial charge is 0.338 e. The monoisotopic (exact) mass is 236 g/mol. The van der Waals surface area contributed by atoms with Gasteiger partial charge in [-0.3, -0.25) is 0 Å². The van der Waals surface area contributed by atoms with Gasteiger partial charge in [-0.25, -0.2) is 4.79 Å². The highest BCUT2D eigenvalue weighted by molar-refractivity contribution is 5.92. The molecular formula is C13H20N2O2. The number of benzene rings is 1. The van der Waals surface area contributed by atoms with Gasteiger partial charge in [0.15, 0.2) is 0 Å². The standard InChI is InChI=1S/C13H20N2O2/c1-10-11(6-4-7-12(10)14)13(16)17-9-5-8-15(2)3/h4,6-7H,5,8-9,14H2,1-3H3. The van der Waals surface area contributed by atoms with E-state index in [0.717, 1.165) is 18.5 Å². The van der Waals surface area contributed by atoms with Gasteiger partial charge >= 0.3 is 5.97 Å². The molecule has 0 bridgehead atoms. The fraction of sp³-hybridized carbons (Fsp3) is 0.462. The lowest BCUT2D eigenvalue weighted by Gasteiger charge is -2.11. The zero-order valence-corrected chi connectivity index (χ0v) is 10.7. The molecule has 0 unspecified atom stereocenters. The molecule has 0 heterocycles. The molecule has 17 heavy (non-hydrogen) atoms. The summed E-state index contributed by atoms with van der Waals surface area (Å²) >= 11 is 0. The van der Waals surface area contributed by atoms with E-state index < -0.39 is 0 Å². The van der Waals surface area contributed by atoms with Crippen LogP contribution in [-0.4, -0.2) is 38.1 Å². The Morgan fingerprint density at radius 3 is 2.76 bits per heavy atom. The number of hydrogen-bond donors (Lipinski definition) is 1. The van der Waals surface area contributed by atoms with Crippen LogP contribution in [0.4, 0.5) is 5.69 Å². The molecule has 1 aromatic carbocycles. The lowest BCUT2D eigenvalue weighted by molar-refractivity contribution is 0.0492. The van der Waals surface area contributed by atoms with Crippen LogP contribution < -0.4 is 5.73 Å². The van der Waals surface area contributed by atoms with Crippen molar-refractivity contribution in [3.63, 3.8) is 0 Å². The van der Waals surface area contributed by atoms with Gasteiger partial charge in [0, 0.05) is 12.2 Å². The van der Waals surface area contributed by atoms with Crippen LogP contribution in [0, 0.1) is 6.92 Å². The molecule has 0 atom stereocenters. The molecule has 0 amide bonds. The quantitative estimate of drug-likeness (QED) is 0.480. The number of ether oxygens (including phenoxy) is 1. The highest BCUT2D eigenvalue weighted by Crippen LogP contribution is 2.16. The number of anilines is 1. The molecule has 1 aromatic rings. The van der Waals surface area contributed by atoms with Crippen molar-refractivity contribution < 1.29 is 9.53 Å². The van der Waals surface area contributed by atoms with Crippen molar-refractivity contribution in [2.75, 3.05) is 33.0 Å². The van der Waals surface area contributed by atoms with Crippen molar-refractivity contribution >= 4 is 11.7 Å². The van der Waals surface area contributed by atoms with Crippen LogP contribution in [0.25, 0.3) is 0 Å². The normalized spacial score (nSPS) is 10.6. The first kappa shape index (κ1) is 13.5. The minimum atomic E-state index is -0.298. The molecule has 0 aromatic heterocycles. The van der Waals surface area contributed by atoms with Gasteiger partial charge in [-0.15, -0.1) is 0 Å². The predicted octanol–water partition coefficient (Wildman–Crippen LogP) is 1.69. The third-order valence-electron chi connectivity index (χ3n) is 2.58. The van der Waals surface area contributed by atoms with Crippen LogP contribution in [0.3, 0.4) is 0 Å². The molecular weight excluding hydrogens is 216 g/mol. The van der Waals surface area contributed by atoms with Crippen molar-refractivity contribution in [3.05, 3.63) is 29.3 Å². The Hall–Kier alpha value is -1.55. The van der Waals surface area contributed by atoms with E-state index in [1.807, 2.05) is 21.0 Å². The lowest BCUT2D eigenvalue weighted by Crippen LogP contribution is -2.16. The molecule has 94 valence electrons. The molecule has 4 nitrogen and oxygen atoms in total. The summed E-state index contributed by atoms with van der Waals surface area (Å²) in [6.45, 7) is 3.17. The number of carbonyl (C=O) groups is 1. The second kappa shape index (κ2) is 6.25. The summed E-state index contributed by atoms with van der Waals surface area (Å²) in [7, 11) is 3.98. The highest BCUT2D eigenvalue weighted by atomic mass is 16.5. The minimum Gasteiger partial charge on any atom is -0.462 e. The Morgan fingerprint density at radius 1 is 1.41 bits per heavy atom. The summed E-state index contributed by atoms with van der Waals surface area (Å²) in [5.74, 6) is -0.298. The molecule has 0 radical (unpaired) electrons. The number of hydrogen-bond acceptors (Lipinski definition) is 4. The first-order valence-corrected chi connectivity index (χ1v) is 5.69. The number of carbonyl (C=O) groups excluding carboxylic acids is 1. The topological polar surface area (TPSA) is 55.6 Å². The van der Waals surface area contributed by atoms with Crippen LogP contribution in [0.2, 0.25) is 0 Å². The molecule has 0 aliphatic rings. The second-order valence-electron chi connectivity index (χ2n) is 4.31. The van der Waals surface area contributed by atoms with Gasteiger partial charge in [0.05, 0.1) is 12.2 Å². The van der Waals surface area contributed by atoms with Crippen LogP contribution in [0.1, 0.15) is 22.3 Å². The van der Waals surface area contributed by atoms with E-state index >= 15 is 0 Å². The second-order valence-corrected chi connectivity index (χ2v) is 4.31. The molecule has 0 fully saturated rings. The summed E-state index contributed by atoms with van der Waals surface area (Å²) < 4.78 is 5.19. The third-order valence-corrected chi connectivity index (χ3v) is 2.58. The van der Waals surface area contributed by atoms with E-state index in [1.165, 1.54) is 0 Å². The predicted molar refractivity (Wildman–Crippen MR) is 69.0 cm³/mol. The fourth-order valence-electron chi connectivity index (χ4n) is 1.50. The van der Waals surface area contributed by atoms with Crippen LogP contribution in [0.5, 0.6) is 0 Å². The van der Waals surface area contributed by atoms with Gasteiger partial charge < -0.3 is 15.4 Å². The molecule has 0 aliphatic heterocycles. The molecule has 0 aliphatic carbocycles. The SMILES string of the molecule is Cc1c(N)cccc1C(=O)OCCCN(C)C. The van der Waals surface area contributed by atoms with Crippen LogP contribution in [-0.2, 0) is 4.74 Å². The Labute approximate surface area is 102 Å². The Bertz CT molecular complexity index is 389. The van der Waals surface area contributed by atoms with Gasteiger partial charge in [0.25, 0.3) is 0 Å². The van der Waals surface area contributed by atoms with E-state index in [9.17, 15) is 4.79 Å². The minimum absolute atomic E-state index is 0.298. The number of nitrogen functional groups attached to an aromatic ring is 1. The maximum atomic E-state index is 11.8. The first-order valence-electron chi connectivity index (χ1n) is 5.69. The lowest BCUT2D eigenvalue weighted by atomic mass is 10.1. The van der Waals surface area contributed by atoms with Crippen LogP contribution in [0.15, 0.2) is 18.2 Å². The average Bonchev–Trinajstić information content (AvgIpc) is 2.27. The number of nitrogens with zero attached hydrogens (tertiary/aromatic N) is 1. The molecule has 0 spiro atoms. The zero-order valence-electron chi connectivity index (χ0n) is 10.7. The molecule has 0 saturated heterocycles. The maximum Gasteiger partial charge on any atom is 0.338 e. The maximum absolute atomic E-state index is 11.8. The van der Waals surface area contributed by atoms with E-state index in [-0.39, 0.29) is 5.97 Å². The first-order chi connectivity index (χ1) is 8.02. The summed E-state index contributed by atoms with van der Waals surface area (Å²) in [5, 5.41) is 0. The van der Waals surface area contributed by atoms with Gasteiger partial charge in [0.1, 0.15) is 0 Å². The van der Waals surface area contributed by atoms with E-state index in [1.54, 1.807) is 18.2 Å². The van der Waals surface area contributed by atoms with E-state index in [4.69, 9.17) is 10.5 Å². The van der Waals surface area contributed by atoms with Crippen LogP contribution >= 0.6 is 0 Å². The van der Waals surface area contributed by atoms with Gasteiger partial charge in [-0.1, -0.05) is 6.07 Å². The van der Waals surface area contributed by atoms with E-state index in [2.05, 4.69) is 4.90 Å². The Kier molecular flexibility index (Phi) is 4.97.